The Bertz CT molecular complexity index is 1280. The van der Waals surface area contributed by atoms with Gasteiger partial charge in [-0.3, -0.25) is 4.79 Å². The van der Waals surface area contributed by atoms with Crippen molar-refractivity contribution in [2.45, 2.75) is 52.5 Å². The zero-order valence-electron chi connectivity index (χ0n) is 21.7. The Morgan fingerprint density at radius 1 is 1.14 bits per heavy atom. The highest BCUT2D eigenvalue weighted by Gasteiger charge is 2.29. The fraction of sp³-hybridized carbons (Fsp3) is 0.414. The third-order valence-corrected chi connectivity index (χ3v) is 7.05. The number of para-hydroxylation sites is 1. The number of rotatable bonds is 9. The lowest BCUT2D eigenvalue weighted by molar-refractivity contribution is -0.137. The van der Waals surface area contributed by atoms with Crippen molar-refractivity contribution >= 4 is 17.6 Å². The molecule has 1 saturated heterocycles. The van der Waals surface area contributed by atoms with Crippen molar-refractivity contribution in [1.82, 2.24) is 9.97 Å². The van der Waals surface area contributed by atoms with Crippen LogP contribution in [0.4, 0.5) is 11.6 Å². The number of benzene rings is 2. The van der Waals surface area contributed by atoms with Crippen molar-refractivity contribution in [2.75, 3.05) is 36.5 Å². The highest BCUT2D eigenvalue weighted by atomic mass is 16.5. The predicted molar refractivity (Wildman–Crippen MR) is 144 cm³/mol. The number of nitrogens with zero attached hydrogens (tertiary/aromatic N) is 3. The first-order chi connectivity index (χ1) is 17.9. The average Bonchev–Trinajstić information content (AvgIpc) is 3.54. The lowest BCUT2D eigenvalue weighted by atomic mass is 9.97. The number of ether oxygens (including phenoxy) is 2. The van der Waals surface area contributed by atoms with Gasteiger partial charge in [0.25, 0.3) is 0 Å². The van der Waals surface area contributed by atoms with Crippen molar-refractivity contribution in [1.29, 1.82) is 0 Å². The molecule has 0 amide bonds. The molecule has 3 aromatic rings. The average molecular weight is 503 g/mol. The number of aryl methyl sites for hydroxylation is 3. The molecule has 1 aromatic heterocycles. The maximum absolute atomic E-state index is 10.8. The second kappa shape index (κ2) is 10.7. The molecule has 194 valence electrons. The highest BCUT2D eigenvalue weighted by molar-refractivity contribution is 5.77. The molecular weight excluding hydrogens is 468 g/mol. The molecular formula is C29H34N4O4. The molecule has 0 aliphatic carbocycles. The van der Waals surface area contributed by atoms with Crippen molar-refractivity contribution in [3.63, 3.8) is 0 Å². The number of fused-ring (bicyclic) bond motifs is 1. The Hall–Kier alpha value is -3.81. The number of hydrogen-bond acceptors (Lipinski definition) is 7. The van der Waals surface area contributed by atoms with E-state index in [1.165, 1.54) is 12.8 Å². The van der Waals surface area contributed by atoms with Crippen molar-refractivity contribution < 1.29 is 19.4 Å². The number of nitrogens with one attached hydrogen (secondary N) is 1. The van der Waals surface area contributed by atoms with E-state index in [9.17, 15) is 4.79 Å². The summed E-state index contributed by atoms with van der Waals surface area (Å²) in [6, 6.07) is 12.3. The van der Waals surface area contributed by atoms with Gasteiger partial charge in [0.15, 0.2) is 0 Å². The molecule has 8 nitrogen and oxygen atoms in total. The van der Waals surface area contributed by atoms with E-state index in [0.717, 1.165) is 69.9 Å². The van der Waals surface area contributed by atoms with E-state index in [0.29, 0.717) is 19.6 Å². The van der Waals surface area contributed by atoms with Crippen molar-refractivity contribution in [3.05, 3.63) is 58.9 Å². The van der Waals surface area contributed by atoms with Crippen LogP contribution < -0.4 is 19.7 Å². The lowest BCUT2D eigenvalue weighted by Crippen LogP contribution is -2.21. The summed E-state index contributed by atoms with van der Waals surface area (Å²) in [5.41, 5.74) is 7.02. The van der Waals surface area contributed by atoms with E-state index >= 15 is 0 Å². The van der Waals surface area contributed by atoms with Gasteiger partial charge in [0, 0.05) is 48.0 Å². The summed E-state index contributed by atoms with van der Waals surface area (Å²) < 4.78 is 12.1. The number of carboxylic acids is 1. The van der Waals surface area contributed by atoms with Gasteiger partial charge in [-0.25, -0.2) is 9.97 Å². The van der Waals surface area contributed by atoms with Gasteiger partial charge in [-0.05, 0) is 51.7 Å². The highest BCUT2D eigenvalue weighted by Crippen LogP contribution is 2.43. The second-order valence-electron chi connectivity index (χ2n) is 9.82. The number of carbonyl (C=O) groups is 1. The number of carboxylic acid groups (broad SMARTS) is 1. The van der Waals surface area contributed by atoms with E-state index in [1.807, 2.05) is 25.1 Å². The van der Waals surface area contributed by atoms with Gasteiger partial charge in [-0.15, -0.1) is 0 Å². The SMILES string of the molecule is Cc1ccc(NC2COc3c(-c4c(C)nc(N5CCCC5)nc4C)cccc32)cc1OCCCC(=O)O. The van der Waals surface area contributed by atoms with Crippen molar-refractivity contribution in [2.24, 2.45) is 0 Å². The fourth-order valence-electron chi connectivity index (χ4n) is 5.16. The quantitative estimate of drug-likeness (QED) is 0.373. The van der Waals surface area contributed by atoms with Crippen LogP contribution in [0.3, 0.4) is 0 Å². The topological polar surface area (TPSA) is 96.8 Å². The zero-order chi connectivity index (χ0) is 25.9. The van der Waals surface area contributed by atoms with Gasteiger partial charge in [0.2, 0.25) is 5.95 Å². The molecule has 0 saturated carbocycles. The molecule has 2 aromatic carbocycles. The maximum atomic E-state index is 10.8. The Morgan fingerprint density at radius 2 is 1.89 bits per heavy atom. The van der Waals surface area contributed by atoms with Gasteiger partial charge >= 0.3 is 5.97 Å². The largest absolute Gasteiger partial charge is 0.493 e. The molecule has 0 spiro atoms. The normalized spacial score (nSPS) is 16.4. The summed E-state index contributed by atoms with van der Waals surface area (Å²) in [5, 5.41) is 12.4. The first-order valence-electron chi connectivity index (χ1n) is 13.0. The fourth-order valence-corrected chi connectivity index (χ4v) is 5.16. The summed E-state index contributed by atoms with van der Waals surface area (Å²) in [5.74, 6) is 1.64. The van der Waals surface area contributed by atoms with E-state index in [1.54, 1.807) is 0 Å². The molecule has 0 bridgehead atoms. The first-order valence-corrected chi connectivity index (χ1v) is 13.0. The molecule has 1 atom stereocenters. The lowest BCUT2D eigenvalue weighted by Gasteiger charge is -2.19. The first kappa shape index (κ1) is 24.9. The van der Waals surface area contributed by atoms with Crippen LogP contribution in [-0.4, -0.2) is 47.3 Å². The van der Waals surface area contributed by atoms with E-state index in [-0.39, 0.29) is 12.5 Å². The van der Waals surface area contributed by atoms with Crippen LogP contribution in [-0.2, 0) is 4.79 Å². The smallest absolute Gasteiger partial charge is 0.303 e. The molecule has 3 heterocycles. The van der Waals surface area contributed by atoms with Crippen LogP contribution in [0, 0.1) is 20.8 Å². The summed E-state index contributed by atoms with van der Waals surface area (Å²) >= 11 is 0. The van der Waals surface area contributed by atoms with E-state index < -0.39 is 5.97 Å². The molecule has 1 fully saturated rings. The second-order valence-corrected chi connectivity index (χ2v) is 9.82. The van der Waals surface area contributed by atoms with E-state index in [2.05, 4.69) is 42.3 Å². The Labute approximate surface area is 217 Å². The molecule has 0 radical (unpaired) electrons. The molecule has 5 rings (SSSR count). The van der Waals surface area contributed by atoms with Gasteiger partial charge in [0.05, 0.1) is 24.0 Å². The third-order valence-electron chi connectivity index (χ3n) is 7.05. The van der Waals surface area contributed by atoms with Crippen LogP contribution >= 0.6 is 0 Å². The minimum Gasteiger partial charge on any atom is -0.493 e. The van der Waals surface area contributed by atoms with Crippen LogP contribution in [0.2, 0.25) is 0 Å². The van der Waals surface area contributed by atoms with Crippen molar-refractivity contribution in [3.8, 4) is 22.6 Å². The third kappa shape index (κ3) is 5.33. The summed E-state index contributed by atoms with van der Waals surface area (Å²) in [4.78, 5) is 22.7. The van der Waals surface area contributed by atoms with Gasteiger partial charge in [0.1, 0.15) is 18.1 Å². The van der Waals surface area contributed by atoms with Gasteiger partial charge < -0.3 is 24.8 Å². The van der Waals surface area contributed by atoms with Crippen LogP contribution in [0.15, 0.2) is 36.4 Å². The molecule has 2 aliphatic rings. The summed E-state index contributed by atoms with van der Waals surface area (Å²) in [7, 11) is 0. The molecule has 2 aliphatic heterocycles. The van der Waals surface area contributed by atoms with Gasteiger partial charge in [-0.1, -0.05) is 24.3 Å². The maximum Gasteiger partial charge on any atom is 0.303 e. The molecule has 2 N–H and O–H groups in total. The monoisotopic (exact) mass is 502 g/mol. The number of aromatic nitrogens is 2. The minimum atomic E-state index is -0.811. The Kier molecular flexibility index (Phi) is 7.17. The van der Waals surface area contributed by atoms with Gasteiger partial charge in [-0.2, -0.15) is 0 Å². The van der Waals surface area contributed by atoms with Crippen LogP contribution in [0.5, 0.6) is 11.5 Å². The van der Waals surface area contributed by atoms with Crippen LogP contribution in [0.25, 0.3) is 11.1 Å². The van der Waals surface area contributed by atoms with Crippen LogP contribution in [0.1, 0.15) is 54.2 Å². The molecule has 8 heteroatoms. The minimum absolute atomic E-state index is 0.0112. The summed E-state index contributed by atoms with van der Waals surface area (Å²) in [6.45, 7) is 9.01. The number of anilines is 2. The standard InChI is InChI=1S/C29H34N4O4/c1-18-11-12-21(16-25(18)36-15-7-10-26(34)35)32-24-17-37-28-22(24)8-6-9-23(28)27-19(2)30-29(31-20(27)3)33-13-4-5-14-33/h6,8-9,11-12,16,24,32H,4-5,7,10,13-15,17H2,1-3H3,(H,34,35). The number of aliphatic carboxylic acids is 1. The summed E-state index contributed by atoms with van der Waals surface area (Å²) in [6.07, 6.45) is 2.95. The zero-order valence-corrected chi connectivity index (χ0v) is 21.7. The molecule has 1 unspecified atom stereocenters. The Balaban J connectivity index is 1.36. The van der Waals surface area contributed by atoms with E-state index in [4.69, 9.17) is 24.5 Å². The molecule has 37 heavy (non-hydrogen) atoms. The Morgan fingerprint density at radius 3 is 2.62 bits per heavy atom. The number of hydrogen-bond donors (Lipinski definition) is 2. The predicted octanol–water partition coefficient (Wildman–Crippen LogP) is 5.46.